The summed E-state index contributed by atoms with van der Waals surface area (Å²) in [7, 11) is -1.01. The maximum atomic E-state index is 10.3. The molecule has 0 spiro atoms. The highest BCUT2D eigenvalue weighted by molar-refractivity contribution is 6.60. The normalized spacial score (nSPS) is 15.9. The van der Waals surface area contributed by atoms with Gasteiger partial charge in [0.1, 0.15) is 0 Å². The van der Waals surface area contributed by atoms with Crippen LogP contribution in [0.4, 0.5) is 0 Å². The smallest absolute Gasteiger partial charge is 0.423 e. The highest BCUT2D eigenvalue weighted by atomic mass is 16.5. The Labute approximate surface area is 122 Å². The molecule has 0 radical (unpaired) electrons. The molecule has 0 saturated carbocycles. The second-order valence-corrected chi connectivity index (χ2v) is 6.77. The molecule has 1 aliphatic carbocycles. The first-order valence-electron chi connectivity index (χ1n) is 7.41. The van der Waals surface area contributed by atoms with Crippen LogP contribution in [0, 0.1) is 0 Å². The Morgan fingerprint density at radius 1 is 1.05 bits per heavy atom. The van der Waals surface area contributed by atoms with Crippen molar-refractivity contribution in [3.05, 3.63) is 29.3 Å². The standard InChI is InChI=1S/C16H25BO3/c1-15(2,18)16(3,4)20-17(19)14-10-9-12-7-5-6-8-13(12)11-14/h9-11,18-19H,5-8H2,1-4H3. The van der Waals surface area contributed by atoms with Gasteiger partial charge in [-0.1, -0.05) is 18.2 Å². The van der Waals surface area contributed by atoms with E-state index in [-0.39, 0.29) is 0 Å². The first kappa shape index (κ1) is 15.6. The molecule has 0 aromatic heterocycles. The van der Waals surface area contributed by atoms with Crippen molar-refractivity contribution >= 4 is 12.6 Å². The summed E-state index contributed by atoms with van der Waals surface area (Å²) in [6.07, 6.45) is 4.66. The lowest BCUT2D eigenvalue weighted by atomic mass is 9.74. The third kappa shape index (κ3) is 3.25. The van der Waals surface area contributed by atoms with Crippen LogP contribution in [0.2, 0.25) is 0 Å². The van der Waals surface area contributed by atoms with Crippen LogP contribution in [0.15, 0.2) is 18.2 Å². The highest BCUT2D eigenvalue weighted by Crippen LogP contribution is 2.26. The summed E-state index contributed by atoms with van der Waals surface area (Å²) in [6.45, 7) is 6.95. The fourth-order valence-corrected chi connectivity index (χ4v) is 2.40. The Morgan fingerprint density at radius 3 is 2.25 bits per heavy atom. The monoisotopic (exact) mass is 276 g/mol. The van der Waals surface area contributed by atoms with E-state index in [1.54, 1.807) is 27.7 Å². The van der Waals surface area contributed by atoms with E-state index in [1.165, 1.54) is 24.0 Å². The quantitative estimate of drug-likeness (QED) is 0.825. The zero-order chi connectivity index (χ0) is 15.0. The van der Waals surface area contributed by atoms with Crippen molar-refractivity contribution in [2.45, 2.75) is 64.6 Å². The second-order valence-electron chi connectivity index (χ2n) is 6.77. The zero-order valence-electron chi connectivity index (χ0n) is 12.9. The molecule has 0 atom stereocenters. The minimum absolute atomic E-state index is 0.767. The Balaban J connectivity index is 2.15. The van der Waals surface area contributed by atoms with E-state index in [2.05, 4.69) is 6.07 Å². The van der Waals surface area contributed by atoms with Crippen LogP contribution < -0.4 is 5.46 Å². The van der Waals surface area contributed by atoms with Crippen LogP contribution in [0.3, 0.4) is 0 Å². The van der Waals surface area contributed by atoms with E-state index in [4.69, 9.17) is 4.65 Å². The lowest BCUT2D eigenvalue weighted by Gasteiger charge is -2.38. The minimum atomic E-state index is -1.03. The molecule has 0 heterocycles. The van der Waals surface area contributed by atoms with Crippen LogP contribution in [-0.2, 0) is 17.5 Å². The number of aryl methyl sites for hydroxylation is 2. The number of aliphatic hydroxyl groups is 1. The SMILES string of the molecule is CC(C)(O)C(C)(C)OB(O)c1ccc2c(c1)CCCC2. The number of rotatable bonds is 4. The molecule has 110 valence electrons. The maximum absolute atomic E-state index is 10.3. The molecular formula is C16H25BO3. The Hall–Kier alpha value is -0.835. The Morgan fingerprint density at radius 2 is 1.65 bits per heavy atom. The van der Waals surface area contributed by atoms with Crippen molar-refractivity contribution in [1.29, 1.82) is 0 Å². The number of hydrogen-bond donors (Lipinski definition) is 2. The molecule has 3 nitrogen and oxygen atoms in total. The average Bonchev–Trinajstić information content (AvgIpc) is 2.36. The summed E-state index contributed by atoms with van der Waals surface area (Å²) in [5.41, 5.74) is 1.61. The van der Waals surface area contributed by atoms with Gasteiger partial charge in [0.05, 0.1) is 11.2 Å². The molecule has 1 aromatic carbocycles. The van der Waals surface area contributed by atoms with Gasteiger partial charge in [0.2, 0.25) is 0 Å². The maximum Gasteiger partial charge on any atom is 0.491 e. The van der Waals surface area contributed by atoms with E-state index < -0.39 is 18.3 Å². The summed E-state index contributed by atoms with van der Waals surface area (Å²) >= 11 is 0. The van der Waals surface area contributed by atoms with Gasteiger partial charge in [0.15, 0.2) is 0 Å². The zero-order valence-corrected chi connectivity index (χ0v) is 12.9. The molecule has 2 rings (SSSR count). The number of fused-ring (bicyclic) bond motifs is 1. The Bertz CT molecular complexity index is 477. The van der Waals surface area contributed by atoms with Gasteiger partial charge in [0, 0.05) is 0 Å². The van der Waals surface area contributed by atoms with Crippen LogP contribution in [0.25, 0.3) is 0 Å². The summed E-state index contributed by atoms with van der Waals surface area (Å²) < 4.78 is 5.68. The fraction of sp³-hybridized carbons (Fsp3) is 0.625. The largest absolute Gasteiger partial charge is 0.491 e. The predicted molar refractivity (Wildman–Crippen MR) is 82.2 cm³/mol. The van der Waals surface area contributed by atoms with Gasteiger partial charge in [-0.15, -0.1) is 0 Å². The molecule has 4 heteroatoms. The molecular weight excluding hydrogens is 251 g/mol. The van der Waals surface area contributed by atoms with Crippen molar-refractivity contribution in [3.8, 4) is 0 Å². The summed E-state index contributed by atoms with van der Waals surface area (Å²) in [4.78, 5) is 0. The van der Waals surface area contributed by atoms with Crippen LogP contribution >= 0.6 is 0 Å². The molecule has 1 aromatic rings. The lowest BCUT2D eigenvalue weighted by Crippen LogP contribution is -2.53. The van der Waals surface area contributed by atoms with Crippen molar-refractivity contribution in [1.82, 2.24) is 0 Å². The topological polar surface area (TPSA) is 49.7 Å². The summed E-state index contributed by atoms with van der Waals surface area (Å²) in [6, 6.07) is 6.06. The van der Waals surface area contributed by atoms with Gasteiger partial charge in [-0.2, -0.15) is 0 Å². The van der Waals surface area contributed by atoms with E-state index in [0.717, 1.165) is 18.3 Å². The minimum Gasteiger partial charge on any atom is -0.423 e. The summed E-state index contributed by atoms with van der Waals surface area (Å²) in [5, 5.41) is 20.4. The first-order chi connectivity index (χ1) is 9.21. The number of hydrogen-bond acceptors (Lipinski definition) is 3. The lowest BCUT2D eigenvalue weighted by molar-refractivity contribution is -0.0982. The first-order valence-corrected chi connectivity index (χ1v) is 7.41. The van der Waals surface area contributed by atoms with Crippen molar-refractivity contribution < 1.29 is 14.8 Å². The van der Waals surface area contributed by atoms with Crippen molar-refractivity contribution in [2.75, 3.05) is 0 Å². The molecule has 0 unspecified atom stereocenters. The molecule has 0 bridgehead atoms. The van der Waals surface area contributed by atoms with E-state index >= 15 is 0 Å². The molecule has 20 heavy (non-hydrogen) atoms. The van der Waals surface area contributed by atoms with Crippen molar-refractivity contribution in [3.63, 3.8) is 0 Å². The average molecular weight is 276 g/mol. The molecule has 0 amide bonds. The molecule has 2 N–H and O–H groups in total. The molecule has 0 aliphatic heterocycles. The van der Waals surface area contributed by atoms with Crippen molar-refractivity contribution in [2.24, 2.45) is 0 Å². The van der Waals surface area contributed by atoms with E-state index in [9.17, 15) is 10.1 Å². The number of benzene rings is 1. The van der Waals surface area contributed by atoms with Gasteiger partial charge in [-0.3, -0.25) is 0 Å². The van der Waals surface area contributed by atoms with Crippen LogP contribution in [0.1, 0.15) is 51.7 Å². The highest BCUT2D eigenvalue weighted by Gasteiger charge is 2.39. The summed E-state index contributed by atoms with van der Waals surface area (Å²) in [5.74, 6) is 0. The van der Waals surface area contributed by atoms with E-state index in [0.29, 0.717) is 0 Å². The van der Waals surface area contributed by atoms with Gasteiger partial charge in [-0.25, -0.2) is 0 Å². The van der Waals surface area contributed by atoms with E-state index in [1.807, 2.05) is 12.1 Å². The molecule has 0 fully saturated rings. The second kappa shape index (κ2) is 5.51. The van der Waals surface area contributed by atoms with Gasteiger partial charge in [-0.05, 0) is 70.0 Å². The predicted octanol–water partition coefficient (Wildman–Crippen LogP) is 1.82. The Kier molecular flexibility index (Phi) is 4.28. The third-order valence-corrected chi connectivity index (χ3v) is 4.54. The van der Waals surface area contributed by atoms with Crippen LogP contribution in [-0.4, -0.2) is 28.5 Å². The third-order valence-electron chi connectivity index (χ3n) is 4.54. The fourth-order valence-electron chi connectivity index (χ4n) is 2.40. The van der Waals surface area contributed by atoms with Gasteiger partial charge < -0.3 is 14.8 Å². The van der Waals surface area contributed by atoms with Crippen LogP contribution in [0.5, 0.6) is 0 Å². The molecule has 1 aliphatic rings. The van der Waals surface area contributed by atoms with Gasteiger partial charge in [0.25, 0.3) is 0 Å². The van der Waals surface area contributed by atoms with Gasteiger partial charge >= 0.3 is 7.12 Å². The molecule has 0 saturated heterocycles.